The predicted molar refractivity (Wildman–Crippen MR) is 95.1 cm³/mol. The van der Waals surface area contributed by atoms with Gasteiger partial charge < -0.3 is 10.1 Å². The van der Waals surface area contributed by atoms with Crippen molar-refractivity contribution in [3.8, 4) is 5.75 Å². The minimum Gasteiger partial charge on any atom is -0.494 e. The molecule has 0 aromatic heterocycles. The molecule has 2 rings (SSSR count). The second kappa shape index (κ2) is 8.87. The SMILES string of the molecule is CCCCOc1ccc(C(=O)/C=C/Nc2cc(C)ccc2F)cc1. The van der Waals surface area contributed by atoms with Crippen LogP contribution in [-0.4, -0.2) is 12.4 Å². The zero-order chi connectivity index (χ0) is 17.4. The van der Waals surface area contributed by atoms with Crippen LogP contribution in [0.4, 0.5) is 10.1 Å². The smallest absolute Gasteiger partial charge is 0.187 e. The van der Waals surface area contributed by atoms with Crippen molar-refractivity contribution in [2.75, 3.05) is 11.9 Å². The topological polar surface area (TPSA) is 38.3 Å². The van der Waals surface area contributed by atoms with Crippen molar-refractivity contribution in [3.05, 3.63) is 71.7 Å². The highest BCUT2D eigenvalue weighted by atomic mass is 19.1. The van der Waals surface area contributed by atoms with Gasteiger partial charge in [-0.05, 0) is 55.3 Å². The molecule has 24 heavy (non-hydrogen) atoms. The molecule has 0 fully saturated rings. The highest BCUT2D eigenvalue weighted by molar-refractivity contribution is 6.04. The molecule has 0 heterocycles. The van der Waals surface area contributed by atoms with Gasteiger partial charge in [-0.1, -0.05) is 19.4 Å². The van der Waals surface area contributed by atoms with E-state index in [1.54, 1.807) is 36.4 Å². The molecule has 0 aliphatic carbocycles. The molecular weight excluding hydrogens is 305 g/mol. The van der Waals surface area contributed by atoms with Crippen LogP contribution in [0.15, 0.2) is 54.7 Å². The Morgan fingerprint density at radius 3 is 2.67 bits per heavy atom. The van der Waals surface area contributed by atoms with E-state index in [9.17, 15) is 9.18 Å². The Labute approximate surface area is 142 Å². The van der Waals surface area contributed by atoms with Crippen LogP contribution >= 0.6 is 0 Å². The number of hydrogen-bond donors (Lipinski definition) is 1. The number of halogens is 1. The van der Waals surface area contributed by atoms with E-state index in [1.807, 2.05) is 6.92 Å². The highest BCUT2D eigenvalue weighted by Gasteiger charge is 2.03. The molecule has 3 nitrogen and oxygen atoms in total. The number of ketones is 1. The van der Waals surface area contributed by atoms with Crippen LogP contribution in [0, 0.1) is 12.7 Å². The van der Waals surface area contributed by atoms with Crippen molar-refractivity contribution in [2.45, 2.75) is 26.7 Å². The fourth-order valence-corrected chi connectivity index (χ4v) is 2.10. The van der Waals surface area contributed by atoms with E-state index in [0.29, 0.717) is 17.9 Å². The molecular formula is C20H22FNO2. The molecule has 0 spiro atoms. The fourth-order valence-electron chi connectivity index (χ4n) is 2.10. The van der Waals surface area contributed by atoms with Crippen LogP contribution in [0.3, 0.4) is 0 Å². The van der Waals surface area contributed by atoms with Crippen LogP contribution in [0.1, 0.15) is 35.7 Å². The number of carbonyl (C=O) groups is 1. The maximum absolute atomic E-state index is 13.6. The Kier molecular flexibility index (Phi) is 6.55. The van der Waals surface area contributed by atoms with E-state index >= 15 is 0 Å². The van der Waals surface area contributed by atoms with E-state index in [4.69, 9.17) is 4.74 Å². The maximum atomic E-state index is 13.6. The second-order valence-corrected chi connectivity index (χ2v) is 5.55. The summed E-state index contributed by atoms with van der Waals surface area (Å²) in [5.74, 6) is 0.242. The van der Waals surface area contributed by atoms with Crippen LogP contribution in [0.25, 0.3) is 0 Å². The first kappa shape index (κ1) is 17.7. The number of anilines is 1. The molecule has 126 valence electrons. The van der Waals surface area contributed by atoms with E-state index in [-0.39, 0.29) is 11.6 Å². The van der Waals surface area contributed by atoms with E-state index in [1.165, 1.54) is 18.3 Å². The first-order valence-corrected chi connectivity index (χ1v) is 8.06. The Morgan fingerprint density at radius 2 is 1.96 bits per heavy atom. The molecule has 0 aliphatic rings. The lowest BCUT2D eigenvalue weighted by Gasteiger charge is -2.05. The van der Waals surface area contributed by atoms with E-state index < -0.39 is 0 Å². The van der Waals surface area contributed by atoms with Gasteiger partial charge in [0, 0.05) is 17.8 Å². The highest BCUT2D eigenvalue weighted by Crippen LogP contribution is 2.16. The zero-order valence-electron chi connectivity index (χ0n) is 14.0. The largest absolute Gasteiger partial charge is 0.494 e. The second-order valence-electron chi connectivity index (χ2n) is 5.55. The summed E-state index contributed by atoms with van der Waals surface area (Å²) in [6.45, 7) is 4.66. The van der Waals surface area contributed by atoms with Crippen molar-refractivity contribution in [1.29, 1.82) is 0 Å². The van der Waals surface area contributed by atoms with Gasteiger partial charge in [0.25, 0.3) is 0 Å². The Balaban J connectivity index is 1.93. The molecule has 1 N–H and O–H groups in total. The Morgan fingerprint density at radius 1 is 1.21 bits per heavy atom. The van der Waals surface area contributed by atoms with Gasteiger partial charge in [-0.2, -0.15) is 0 Å². The number of carbonyl (C=O) groups excluding carboxylic acids is 1. The molecule has 0 aliphatic heterocycles. The van der Waals surface area contributed by atoms with Crippen molar-refractivity contribution in [2.24, 2.45) is 0 Å². The summed E-state index contributed by atoms with van der Waals surface area (Å²) < 4.78 is 19.2. The van der Waals surface area contributed by atoms with Gasteiger partial charge >= 0.3 is 0 Å². The standard InChI is InChI=1S/C20H22FNO2/c1-3-4-13-24-17-8-6-16(7-9-17)20(23)11-12-22-19-14-15(2)5-10-18(19)21/h5-12,14,22H,3-4,13H2,1-2H3/b12-11+. The van der Waals surface area contributed by atoms with Crippen LogP contribution < -0.4 is 10.1 Å². The summed E-state index contributed by atoms with van der Waals surface area (Å²) in [5, 5.41) is 2.80. The first-order valence-electron chi connectivity index (χ1n) is 8.06. The molecule has 0 unspecified atom stereocenters. The molecule has 0 saturated carbocycles. The van der Waals surface area contributed by atoms with Gasteiger partial charge in [0.2, 0.25) is 0 Å². The number of unbranched alkanes of at least 4 members (excludes halogenated alkanes) is 1. The lowest BCUT2D eigenvalue weighted by molar-refractivity contribution is 0.104. The molecule has 0 atom stereocenters. The van der Waals surface area contributed by atoms with Gasteiger partial charge in [0.1, 0.15) is 11.6 Å². The summed E-state index contributed by atoms with van der Waals surface area (Å²) in [6, 6.07) is 11.8. The summed E-state index contributed by atoms with van der Waals surface area (Å²) in [6.07, 6.45) is 4.92. The van der Waals surface area contributed by atoms with Crippen molar-refractivity contribution in [1.82, 2.24) is 0 Å². The van der Waals surface area contributed by atoms with E-state index in [0.717, 1.165) is 24.2 Å². The average molecular weight is 327 g/mol. The summed E-state index contributed by atoms with van der Waals surface area (Å²) in [5.41, 5.74) is 1.84. The number of ether oxygens (including phenoxy) is 1. The number of rotatable bonds is 8. The predicted octanol–water partition coefficient (Wildman–Crippen LogP) is 5.12. The number of hydrogen-bond acceptors (Lipinski definition) is 3. The van der Waals surface area contributed by atoms with Crippen molar-refractivity contribution < 1.29 is 13.9 Å². The minimum absolute atomic E-state index is 0.157. The third kappa shape index (κ3) is 5.23. The van der Waals surface area contributed by atoms with Crippen LogP contribution in [-0.2, 0) is 0 Å². The van der Waals surface area contributed by atoms with E-state index in [2.05, 4.69) is 12.2 Å². The number of nitrogens with one attached hydrogen (secondary N) is 1. The number of aryl methyl sites for hydroxylation is 1. The third-order valence-corrected chi connectivity index (χ3v) is 3.50. The van der Waals surface area contributed by atoms with Gasteiger partial charge in [-0.15, -0.1) is 0 Å². The summed E-state index contributed by atoms with van der Waals surface area (Å²) in [4.78, 5) is 12.1. The lowest BCUT2D eigenvalue weighted by atomic mass is 10.1. The van der Waals surface area contributed by atoms with Gasteiger partial charge in [-0.3, -0.25) is 4.79 Å². The Bertz CT molecular complexity index is 708. The molecule has 2 aromatic carbocycles. The third-order valence-electron chi connectivity index (χ3n) is 3.50. The van der Waals surface area contributed by atoms with Crippen LogP contribution in [0.2, 0.25) is 0 Å². The molecule has 4 heteroatoms. The Hall–Kier alpha value is -2.62. The molecule has 2 aromatic rings. The normalized spacial score (nSPS) is 10.8. The average Bonchev–Trinajstić information content (AvgIpc) is 2.58. The number of allylic oxidation sites excluding steroid dienone is 1. The minimum atomic E-state index is -0.355. The first-order chi connectivity index (χ1) is 11.6. The molecule has 0 saturated heterocycles. The monoisotopic (exact) mass is 327 g/mol. The zero-order valence-corrected chi connectivity index (χ0v) is 14.0. The number of benzene rings is 2. The van der Waals surface area contributed by atoms with Gasteiger partial charge in [0.05, 0.1) is 12.3 Å². The van der Waals surface area contributed by atoms with Crippen molar-refractivity contribution >= 4 is 11.5 Å². The van der Waals surface area contributed by atoms with Crippen molar-refractivity contribution in [3.63, 3.8) is 0 Å². The van der Waals surface area contributed by atoms with Gasteiger partial charge in [-0.25, -0.2) is 4.39 Å². The molecule has 0 amide bonds. The summed E-state index contributed by atoms with van der Waals surface area (Å²) in [7, 11) is 0. The lowest BCUT2D eigenvalue weighted by Crippen LogP contribution is -1.99. The molecule has 0 bridgehead atoms. The van der Waals surface area contributed by atoms with Gasteiger partial charge in [0.15, 0.2) is 5.78 Å². The van der Waals surface area contributed by atoms with Crippen LogP contribution in [0.5, 0.6) is 5.75 Å². The quantitative estimate of drug-likeness (QED) is 0.415. The summed E-state index contributed by atoms with van der Waals surface area (Å²) >= 11 is 0. The molecule has 0 radical (unpaired) electrons. The fraction of sp³-hybridized carbons (Fsp3) is 0.250. The maximum Gasteiger partial charge on any atom is 0.187 e.